The van der Waals surface area contributed by atoms with Gasteiger partial charge in [0.15, 0.2) is 0 Å². The van der Waals surface area contributed by atoms with Gasteiger partial charge >= 0.3 is 11.8 Å². The Labute approximate surface area is 123 Å². The molecule has 106 valence electrons. The van der Waals surface area contributed by atoms with Gasteiger partial charge in [0.2, 0.25) is 0 Å². The highest BCUT2D eigenvalue weighted by atomic mass is 35.5. The fourth-order valence-corrected chi connectivity index (χ4v) is 2.59. The molecule has 0 atom stereocenters. The van der Waals surface area contributed by atoms with Crippen LogP contribution < -0.4 is 0 Å². The van der Waals surface area contributed by atoms with E-state index in [1.807, 2.05) is 12.1 Å². The molecule has 4 nitrogen and oxygen atoms in total. The Morgan fingerprint density at radius 2 is 1.60 bits per heavy atom. The van der Waals surface area contributed by atoms with Gasteiger partial charge in [0.05, 0.1) is 0 Å². The predicted molar refractivity (Wildman–Crippen MR) is 76.2 cm³/mol. The number of piperazine rings is 1. The summed E-state index contributed by atoms with van der Waals surface area (Å²) in [5, 5.41) is 0.672. The summed E-state index contributed by atoms with van der Waals surface area (Å²) < 4.78 is 0. The van der Waals surface area contributed by atoms with Gasteiger partial charge in [0, 0.05) is 31.2 Å². The lowest BCUT2D eigenvalue weighted by molar-refractivity contribution is -0.156. The molecule has 1 aliphatic heterocycles. The van der Waals surface area contributed by atoms with Crippen LogP contribution >= 0.6 is 11.6 Å². The summed E-state index contributed by atoms with van der Waals surface area (Å²) in [6, 6.07) is 7.37. The molecule has 0 unspecified atom stereocenters. The zero-order valence-electron chi connectivity index (χ0n) is 11.2. The van der Waals surface area contributed by atoms with E-state index in [4.69, 9.17) is 11.6 Å². The lowest BCUT2D eigenvalue weighted by Gasteiger charge is -2.33. The third kappa shape index (κ3) is 2.96. The third-order valence-corrected chi connectivity index (χ3v) is 4.11. The second-order valence-corrected chi connectivity index (χ2v) is 5.98. The first kappa shape index (κ1) is 13.4. The number of nitrogens with zero attached hydrogens (tertiary/aromatic N) is 2. The lowest BCUT2D eigenvalue weighted by atomic mass is 10.2. The molecule has 3 rings (SSSR count). The molecule has 0 aromatic heterocycles. The van der Waals surface area contributed by atoms with E-state index in [0.29, 0.717) is 30.6 Å². The standard InChI is InChI=1S/C15H17ClN2O2/c16-13-5-3-12(4-6-13)10-18-8-7-17(9-11-1-2-11)14(19)15(18)20/h3-6,11H,1-2,7-10H2. The van der Waals surface area contributed by atoms with Crippen molar-refractivity contribution in [1.29, 1.82) is 0 Å². The van der Waals surface area contributed by atoms with Gasteiger partial charge in [-0.2, -0.15) is 0 Å². The molecule has 1 saturated heterocycles. The van der Waals surface area contributed by atoms with Gasteiger partial charge in [-0.25, -0.2) is 0 Å². The average molecular weight is 293 g/mol. The van der Waals surface area contributed by atoms with Crippen LogP contribution in [0.3, 0.4) is 0 Å². The molecule has 2 amide bonds. The van der Waals surface area contributed by atoms with Gasteiger partial charge in [0.1, 0.15) is 0 Å². The maximum atomic E-state index is 12.1. The molecule has 5 heteroatoms. The van der Waals surface area contributed by atoms with E-state index in [2.05, 4.69) is 0 Å². The van der Waals surface area contributed by atoms with E-state index < -0.39 is 0 Å². The summed E-state index contributed by atoms with van der Waals surface area (Å²) in [4.78, 5) is 27.5. The molecular formula is C15H17ClN2O2. The van der Waals surface area contributed by atoms with Gasteiger partial charge < -0.3 is 9.80 Å². The van der Waals surface area contributed by atoms with Crippen LogP contribution in [0.25, 0.3) is 0 Å². The van der Waals surface area contributed by atoms with E-state index in [1.54, 1.807) is 21.9 Å². The van der Waals surface area contributed by atoms with Crippen molar-refractivity contribution in [3.63, 3.8) is 0 Å². The zero-order chi connectivity index (χ0) is 14.1. The van der Waals surface area contributed by atoms with Crippen molar-refractivity contribution >= 4 is 23.4 Å². The quantitative estimate of drug-likeness (QED) is 0.796. The van der Waals surface area contributed by atoms with Gasteiger partial charge in [-0.3, -0.25) is 9.59 Å². The van der Waals surface area contributed by atoms with Crippen molar-refractivity contribution in [2.75, 3.05) is 19.6 Å². The number of halogens is 1. The minimum absolute atomic E-state index is 0.350. The van der Waals surface area contributed by atoms with Gasteiger partial charge in [0.25, 0.3) is 0 Å². The van der Waals surface area contributed by atoms with Gasteiger partial charge in [-0.15, -0.1) is 0 Å². The molecule has 0 bridgehead atoms. The van der Waals surface area contributed by atoms with Crippen LogP contribution in [0, 0.1) is 5.92 Å². The average Bonchev–Trinajstić information content (AvgIpc) is 3.25. The summed E-state index contributed by atoms with van der Waals surface area (Å²) in [6.07, 6.45) is 2.37. The molecule has 0 spiro atoms. The third-order valence-electron chi connectivity index (χ3n) is 3.86. The summed E-state index contributed by atoms with van der Waals surface area (Å²) in [7, 11) is 0. The normalized spacial score (nSPS) is 19.6. The first-order valence-corrected chi connectivity index (χ1v) is 7.34. The summed E-state index contributed by atoms with van der Waals surface area (Å²) in [6.45, 7) is 2.48. The highest BCUT2D eigenvalue weighted by Gasteiger charge is 2.35. The van der Waals surface area contributed by atoms with E-state index in [9.17, 15) is 9.59 Å². The SMILES string of the molecule is O=C1C(=O)N(CC2CC2)CCN1Cc1ccc(Cl)cc1. The Hall–Kier alpha value is -1.55. The molecule has 1 aromatic rings. The van der Waals surface area contributed by atoms with Crippen LogP contribution in [0.2, 0.25) is 5.02 Å². The second kappa shape index (κ2) is 5.44. The molecule has 2 fully saturated rings. The number of hydrogen-bond donors (Lipinski definition) is 0. The second-order valence-electron chi connectivity index (χ2n) is 5.55. The van der Waals surface area contributed by atoms with Crippen LogP contribution in [0.15, 0.2) is 24.3 Å². The maximum absolute atomic E-state index is 12.1. The van der Waals surface area contributed by atoms with Crippen LogP contribution in [0.5, 0.6) is 0 Å². The number of carbonyl (C=O) groups is 2. The van der Waals surface area contributed by atoms with Crippen LogP contribution in [0.4, 0.5) is 0 Å². The molecule has 20 heavy (non-hydrogen) atoms. The van der Waals surface area contributed by atoms with E-state index in [-0.39, 0.29) is 11.8 Å². The zero-order valence-corrected chi connectivity index (χ0v) is 12.0. The van der Waals surface area contributed by atoms with Crippen molar-refractivity contribution < 1.29 is 9.59 Å². The van der Waals surface area contributed by atoms with E-state index >= 15 is 0 Å². The first-order valence-electron chi connectivity index (χ1n) is 6.96. The van der Waals surface area contributed by atoms with Crippen molar-refractivity contribution in [3.05, 3.63) is 34.9 Å². The van der Waals surface area contributed by atoms with E-state index in [0.717, 1.165) is 12.1 Å². The monoisotopic (exact) mass is 292 g/mol. The summed E-state index contributed by atoms with van der Waals surface area (Å²) in [5.41, 5.74) is 0.992. The first-order chi connectivity index (χ1) is 9.63. The van der Waals surface area contributed by atoms with E-state index in [1.165, 1.54) is 12.8 Å². The lowest BCUT2D eigenvalue weighted by Crippen LogP contribution is -2.54. The minimum atomic E-state index is -0.383. The maximum Gasteiger partial charge on any atom is 0.312 e. The molecule has 0 N–H and O–H groups in total. The summed E-state index contributed by atoms with van der Waals surface area (Å²) >= 11 is 5.84. The molecular weight excluding hydrogens is 276 g/mol. The number of carbonyl (C=O) groups excluding carboxylic acids is 2. The van der Waals surface area contributed by atoms with Crippen LogP contribution in [-0.2, 0) is 16.1 Å². The Morgan fingerprint density at radius 3 is 2.25 bits per heavy atom. The number of rotatable bonds is 4. The number of hydrogen-bond acceptors (Lipinski definition) is 2. The summed E-state index contributed by atoms with van der Waals surface area (Å²) in [5.74, 6) is -0.112. The van der Waals surface area contributed by atoms with Crippen molar-refractivity contribution in [2.45, 2.75) is 19.4 Å². The molecule has 2 aliphatic rings. The molecule has 1 aromatic carbocycles. The van der Waals surface area contributed by atoms with Crippen molar-refractivity contribution in [2.24, 2.45) is 5.92 Å². The van der Waals surface area contributed by atoms with Crippen LogP contribution in [-0.4, -0.2) is 41.2 Å². The van der Waals surface area contributed by atoms with Gasteiger partial charge in [-0.1, -0.05) is 23.7 Å². The highest BCUT2D eigenvalue weighted by molar-refractivity contribution is 6.35. The molecule has 1 heterocycles. The topological polar surface area (TPSA) is 40.6 Å². The minimum Gasteiger partial charge on any atom is -0.332 e. The largest absolute Gasteiger partial charge is 0.332 e. The Morgan fingerprint density at radius 1 is 1.00 bits per heavy atom. The fourth-order valence-electron chi connectivity index (χ4n) is 2.46. The fraction of sp³-hybridized carbons (Fsp3) is 0.467. The number of amides is 2. The Bertz CT molecular complexity index is 525. The molecule has 1 aliphatic carbocycles. The molecule has 1 saturated carbocycles. The van der Waals surface area contributed by atoms with Crippen LogP contribution in [0.1, 0.15) is 18.4 Å². The predicted octanol–water partition coefficient (Wildman–Crippen LogP) is 1.92. The molecule has 0 radical (unpaired) electrons. The van der Waals surface area contributed by atoms with Crippen molar-refractivity contribution in [3.8, 4) is 0 Å². The van der Waals surface area contributed by atoms with Gasteiger partial charge in [-0.05, 0) is 36.5 Å². The Balaban J connectivity index is 1.62. The smallest absolute Gasteiger partial charge is 0.312 e. The highest BCUT2D eigenvalue weighted by Crippen LogP contribution is 2.30. The Kier molecular flexibility index (Phi) is 3.66. The number of benzene rings is 1. The van der Waals surface area contributed by atoms with Crippen molar-refractivity contribution in [1.82, 2.24) is 9.80 Å².